The predicted molar refractivity (Wildman–Crippen MR) is 104 cm³/mol. The van der Waals surface area contributed by atoms with E-state index in [4.69, 9.17) is 25.5 Å². The number of nitrogens with zero attached hydrogens (tertiary/aromatic N) is 2. The molecule has 0 aliphatic rings. The maximum absolute atomic E-state index is 12.7. The summed E-state index contributed by atoms with van der Waals surface area (Å²) in [6.45, 7) is 1.78. The van der Waals surface area contributed by atoms with Crippen LogP contribution in [0.3, 0.4) is 0 Å². The lowest BCUT2D eigenvalue weighted by atomic mass is 10.1. The average molecular weight is 405 g/mol. The highest BCUT2D eigenvalue weighted by atomic mass is 35.5. The van der Waals surface area contributed by atoms with Gasteiger partial charge in [0.15, 0.2) is 17.3 Å². The van der Waals surface area contributed by atoms with Gasteiger partial charge in [-0.3, -0.25) is 4.79 Å². The van der Waals surface area contributed by atoms with Gasteiger partial charge in [0.25, 0.3) is 5.22 Å². The van der Waals surface area contributed by atoms with Crippen LogP contribution in [0.5, 0.6) is 11.5 Å². The molecule has 1 aromatic heterocycles. The molecule has 0 aliphatic carbocycles. The third kappa shape index (κ3) is 4.43. The minimum Gasteiger partial charge on any atom is -0.493 e. The molecule has 8 heteroatoms. The van der Waals surface area contributed by atoms with Gasteiger partial charge in [-0.1, -0.05) is 29.4 Å². The van der Waals surface area contributed by atoms with E-state index in [0.29, 0.717) is 33.2 Å². The van der Waals surface area contributed by atoms with E-state index in [2.05, 4.69) is 10.2 Å². The highest BCUT2D eigenvalue weighted by Crippen LogP contribution is 2.31. The summed E-state index contributed by atoms with van der Waals surface area (Å²) in [6, 6.07) is 12.2. The Hall–Kier alpha value is -2.51. The molecule has 0 spiro atoms. The van der Waals surface area contributed by atoms with Crippen LogP contribution in [-0.2, 0) is 0 Å². The van der Waals surface area contributed by atoms with Gasteiger partial charge in [0.1, 0.15) is 0 Å². The van der Waals surface area contributed by atoms with Crippen molar-refractivity contribution >= 4 is 29.1 Å². The van der Waals surface area contributed by atoms with Gasteiger partial charge in [-0.15, -0.1) is 10.2 Å². The van der Waals surface area contributed by atoms with Gasteiger partial charge in [-0.25, -0.2) is 0 Å². The van der Waals surface area contributed by atoms with Crippen molar-refractivity contribution in [1.29, 1.82) is 0 Å². The SMILES string of the molecule is COc1ccc(C(=O)C(C)Sc2nnc(-c3cccc(Cl)c3)o2)cc1OC. The van der Waals surface area contributed by atoms with Crippen molar-refractivity contribution < 1.29 is 18.7 Å². The van der Waals surface area contributed by atoms with Crippen molar-refractivity contribution in [2.45, 2.75) is 17.4 Å². The van der Waals surface area contributed by atoms with Crippen molar-refractivity contribution in [3.05, 3.63) is 53.1 Å². The van der Waals surface area contributed by atoms with Gasteiger partial charge >= 0.3 is 0 Å². The van der Waals surface area contributed by atoms with Crippen molar-refractivity contribution in [1.82, 2.24) is 10.2 Å². The zero-order valence-corrected chi connectivity index (χ0v) is 16.5. The zero-order valence-electron chi connectivity index (χ0n) is 14.9. The van der Waals surface area contributed by atoms with Gasteiger partial charge in [-0.2, -0.15) is 0 Å². The molecule has 27 heavy (non-hydrogen) atoms. The molecular weight excluding hydrogens is 388 g/mol. The maximum atomic E-state index is 12.7. The number of Topliss-reactive ketones (excluding diaryl/α,β-unsaturated/α-hetero) is 1. The average Bonchev–Trinajstić information content (AvgIpc) is 3.15. The molecule has 2 aromatic carbocycles. The number of aromatic nitrogens is 2. The van der Waals surface area contributed by atoms with Crippen molar-refractivity contribution in [2.24, 2.45) is 0 Å². The largest absolute Gasteiger partial charge is 0.493 e. The highest BCUT2D eigenvalue weighted by Gasteiger charge is 2.21. The Morgan fingerprint density at radius 1 is 1.11 bits per heavy atom. The molecule has 0 saturated heterocycles. The molecule has 3 rings (SSSR count). The fraction of sp³-hybridized carbons (Fsp3) is 0.211. The number of halogens is 1. The second kappa shape index (κ2) is 8.45. The smallest absolute Gasteiger partial charge is 0.277 e. The van der Waals surface area contributed by atoms with Crippen molar-refractivity contribution in [3.8, 4) is 23.0 Å². The van der Waals surface area contributed by atoms with Gasteiger partial charge in [0, 0.05) is 16.1 Å². The van der Waals surface area contributed by atoms with E-state index < -0.39 is 5.25 Å². The summed E-state index contributed by atoms with van der Waals surface area (Å²) >= 11 is 7.18. The Labute approximate surface area is 165 Å². The van der Waals surface area contributed by atoms with Crippen LogP contribution in [0, 0.1) is 0 Å². The first-order valence-electron chi connectivity index (χ1n) is 8.04. The van der Waals surface area contributed by atoms with Crippen LogP contribution in [0.4, 0.5) is 0 Å². The van der Waals surface area contributed by atoms with Gasteiger partial charge in [0.05, 0.1) is 19.5 Å². The number of carbonyl (C=O) groups is 1. The fourth-order valence-electron chi connectivity index (χ4n) is 2.42. The first kappa shape index (κ1) is 19.3. The summed E-state index contributed by atoms with van der Waals surface area (Å²) in [4.78, 5) is 12.7. The molecule has 3 aromatic rings. The molecule has 0 aliphatic heterocycles. The summed E-state index contributed by atoms with van der Waals surface area (Å²) in [5, 5.41) is 8.50. The standard InChI is InChI=1S/C19H17ClN2O4S/c1-11(17(23)12-7-8-15(24-2)16(10-12)25-3)27-19-22-21-18(26-19)13-5-4-6-14(20)9-13/h4-11H,1-3H3. The quantitative estimate of drug-likeness (QED) is 0.414. The van der Waals surface area contributed by atoms with Crippen LogP contribution in [0.25, 0.3) is 11.5 Å². The first-order valence-corrected chi connectivity index (χ1v) is 9.30. The molecule has 0 saturated carbocycles. The topological polar surface area (TPSA) is 74.5 Å². The molecule has 0 bridgehead atoms. The fourth-order valence-corrected chi connectivity index (χ4v) is 3.38. The highest BCUT2D eigenvalue weighted by molar-refractivity contribution is 8.00. The summed E-state index contributed by atoms with van der Waals surface area (Å²) in [7, 11) is 3.07. The van der Waals surface area contributed by atoms with Gasteiger partial charge in [0.2, 0.25) is 5.89 Å². The minimum atomic E-state index is -0.421. The summed E-state index contributed by atoms with van der Waals surface area (Å²) in [5.74, 6) is 1.34. The molecule has 0 radical (unpaired) electrons. The number of methoxy groups -OCH3 is 2. The first-order chi connectivity index (χ1) is 13.0. The van der Waals surface area contributed by atoms with E-state index in [1.54, 1.807) is 50.4 Å². The molecule has 0 amide bonds. The lowest BCUT2D eigenvalue weighted by Gasteiger charge is -2.11. The van der Waals surface area contributed by atoms with E-state index in [0.717, 1.165) is 5.56 Å². The van der Waals surface area contributed by atoms with E-state index >= 15 is 0 Å². The third-order valence-corrected chi connectivity index (χ3v) is 4.96. The Morgan fingerprint density at radius 3 is 2.59 bits per heavy atom. The summed E-state index contributed by atoms with van der Waals surface area (Å²) in [5.41, 5.74) is 1.24. The van der Waals surface area contributed by atoms with Crippen LogP contribution in [-0.4, -0.2) is 35.5 Å². The number of benzene rings is 2. The number of thioether (sulfide) groups is 1. The third-order valence-electron chi connectivity index (χ3n) is 3.79. The molecule has 1 heterocycles. The molecule has 1 unspecified atom stereocenters. The molecule has 140 valence electrons. The van der Waals surface area contributed by atoms with Gasteiger partial charge < -0.3 is 13.9 Å². The number of carbonyl (C=O) groups excluding carboxylic acids is 1. The monoisotopic (exact) mass is 404 g/mol. The second-order valence-electron chi connectivity index (χ2n) is 5.58. The summed E-state index contributed by atoms with van der Waals surface area (Å²) < 4.78 is 16.1. The van der Waals surface area contributed by atoms with Crippen LogP contribution >= 0.6 is 23.4 Å². The lowest BCUT2D eigenvalue weighted by Crippen LogP contribution is -2.13. The molecule has 0 fully saturated rings. The molecule has 0 N–H and O–H groups in total. The van der Waals surface area contributed by atoms with Crippen LogP contribution < -0.4 is 9.47 Å². The van der Waals surface area contributed by atoms with E-state index in [9.17, 15) is 4.79 Å². The zero-order chi connectivity index (χ0) is 19.4. The number of rotatable bonds is 7. The van der Waals surface area contributed by atoms with Crippen LogP contribution in [0.1, 0.15) is 17.3 Å². The molecular formula is C19H17ClN2O4S. The Balaban J connectivity index is 1.74. The minimum absolute atomic E-state index is 0.0801. The number of ketones is 1. The number of hydrogen-bond donors (Lipinski definition) is 0. The normalized spacial score (nSPS) is 11.9. The van der Waals surface area contributed by atoms with E-state index in [-0.39, 0.29) is 5.78 Å². The Bertz CT molecular complexity index is 960. The van der Waals surface area contributed by atoms with E-state index in [1.807, 2.05) is 6.07 Å². The molecule has 6 nitrogen and oxygen atoms in total. The predicted octanol–water partition coefficient (Wildman–Crippen LogP) is 4.77. The van der Waals surface area contributed by atoms with Crippen molar-refractivity contribution in [3.63, 3.8) is 0 Å². The lowest BCUT2D eigenvalue weighted by molar-refractivity contribution is 0.0993. The van der Waals surface area contributed by atoms with Crippen LogP contribution in [0.2, 0.25) is 5.02 Å². The number of hydrogen-bond acceptors (Lipinski definition) is 7. The summed E-state index contributed by atoms with van der Waals surface area (Å²) in [6.07, 6.45) is 0. The second-order valence-corrected chi connectivity index (χ2v) is 7.31. The van der Waals surface area contributed by atoms with Gasteiger partial charge in [-0.05, 0) is 43.3 Å². The number of ether oxygens (including phenoxy) is 2. The molecule has 1 atom stereocenters. The Kier molecular flexibility index (Phi) is 6.03. The van der Waals surface area contributed by atoms with Crippen molar-refractivity contribution in [2.75, 3.05) is 14.2 Å². The van der Waals surface area contributed by atoms with E-state index in [1.165, 1.54) is 18.9 Å². The maximum Gasteiger partial charge on any atom is 0.277 e. The Morgan fingerprint density at radius 2 is 1.89 bits per heavy atom. The van der Waals surface area contributed by atoms with Crippen LogP contribution in [0.15, 0.2) is 52.1 Å².